The van der Waals surface area contributed by atoms with Crippen molar-refractivity contribution in [3.8, 4) is 11.3 Å². The van der Waals surface area contributed by atoms with Crippen LogP contribution in [0.2, 0.25) is 0 Å². The van der Waals surface area contributed by atoms with Gasteiger partial charge in [-0.1, -0.05) is 57.2 Å². The van der Waals surface area contributed by atoms with Crippen molar-refractivity contribution in [2.45, 2.75) is 59.9 Å². The number of hydrogen-bond donors (Lipinski definition) is 0. The molecule has 1 aromatic heterocycles. The first kappa shape index (κ1) is 20.0. The third kappa shape index (κ3) is 5.35. The number of unbranched alkanes of at least 4 members (excludes halogenated alkanes) is 1. The Morgan fingerprint density at radius 2 is 1.77 bits per heavy atom. The standard InChI is InChI=1S/C21H29N3O2/c1-5-16(4)20(25)8-6-7-13-24-14-19(22-23-24)17-9-11-18(12-10-17)21(26)15(2)3/h9-12,14-16H,5-8,13H2,1-4H3. The second-order valence-electron chi connectivity index (χ2n) is 7.20. The van der Waals surface area contributed by atoms with Crippen molar-refractivity contribution in [3.63, 3.8) is 0 Å². The van der Waals surface area contributed by atoms with Gasteiger partial charge in [0, 0.05) is 35.9 Å². The number of rotatable bonds is 10. The van der Waals surface area contributed by atoms with E-state index in [-0.39, 0.29) is 17.6 Å². The van der Waals surface area contributed by atoms with Crippen molar-refractivity contribution < 1.29 is 9.59 Å². The molecule has 1 aromatic carbocycles. The number of benzene rings is 1. The summed E-state index contributed by atoms with van der Waals surface area (Å²) < 4.78 is 1.82. The number of carbonyl (C=O) groups is 2. The van der Waals surface area contributed by atoms with Gasteiger partial charge >= 0.3 is 0 Å². The largest absolute Gasteiger partial charge is 0.299 e. The summed E-state index contributed by atoms with van der Waals surface area (Å²) >= 11 is 0. The van der Waals surface area contributed by atoms with E-state index in [1.165, 1.54) is 0 Å². The Morgan fingerprint density at radius 1 is 1.08 bits per heavy atom. The van der Waals surface area contributed by atoms with Gasteiger partial charge in [-0.25, -0.2) is 0 Å². The fourth-order valence-corrected chi connectivity index (χ4v) is 2.73. The number of aryl methyl sites for hydroxylation is 1. The number of aromatic nitrogens is 3. The summed E-state index contributed by atoms with van der Waals surface area (Å²) in [5.41, 5.74) is 2.47. The Morgan fingerprint density at radius 3 is 2.38 bits per heavy atom. The molecule has 5 nitrogen and oxygen atoms in total. The summed E-state index contributed by atoms with van der Waals surface area (Å²) in [6.45, 7) is 8.60. The van der Waals surface area contributed by atoms with Gasteiger partial charge in [-0.15, -0.1) is 5.10 Å². The van der Waals surface area contributed by atoms with Gasteiger partial charge in [0.25, 0.3) is 0 Å². The van der Waals surface area contributed by atoms with E-state index in [1.54, 1.807) is 0 Å². The minimum Gasteiger partial charge on any atom is -0.299 e. The maximum atomic E-state index is 12.0. The highest BCUT2D eigenvalue weighted by molar-refractivity contribution is 5.97. The van der Waals surface area contributed by atoms with E-state index < -0.39 is 0 Å². The molecule has 0 fully saturated rings. The fraction of sp³-hybridized carbons (Fsp3) is 0.524. The third-order valence-electron chi connectivity index (χ3n) is 4.75. The average molecular weight is 355 g/mol. The van der Waals surface area contributed by atoms with Gasteiger partial charge in [-0.2, -0.15) is 0 Å². The molecule has 0 amide bonds. The van der Waals surface area contributed by atoms with Crippen molar-refractivity contribution in [3.05, 3.63) is 36.0 Å². The molecule has 0 saturated carbocycles. The van der Waals surface area contributed by atoms with Crippen LogP contribution in [-0.2, 0) is 11.3 Å². The molecule has 0 spiro atoms. The zero-order chi connectivity index (χ0) is 19.1. The first-order valence-electron chi connectivity index (χ1n) is 9.49. The highest BCUT2D eigenvalue weighted by atomic mass is 16.1. The van der Waals surface area contributed by atoms with Crippen molar-refractivity contribution in [2.75, 3.05) is 0 Å². The number of hydrogen-bond acceptors (Lipinski definition) is 4. The van der Waals surface area contributed by atoms with Crippen LogP contribution < -0.4 is 0 Å². The first-order chi connectivity index (χ1) is 12.4. The van der Waals surface area contributed by atoms with Gasteiger partial charge in [0.1, 0.15) is 11.5 Å². The molecule has 140 valence electrons. The molecule has 5 heteroatoms. The maximum absolute atomic E-state index is 12.0. The van der Waals surface area contributed by atoms with E-state index in [9.17, 15) is 9.59 Å². The summed E-state index contributed by atoms with van der Waals surface area (Å²) in [5, 5.41) is 8.37. The van der Waals surface area contributed by atoms with Crippen molar-refractivity contribution >= 4 is 11.6 Å². The Hall–Kier alpha value is -2.30. The molecule has 1 heterocycles. The molecule has 2 aromatic rings. The molecule has 1 unspecified atom stereocenters. The minimum atomic E-state index is -0.00563. The summed E-state index contributed by atoms with van der Waals surface area (Å²) in [7, 11) is 0. The van der Waals surface area contributed by atoms with E-state index in [2.05, 4.69) is 10.3 Å². The zero-order valence-corrected chi connectivity index (χ0v) is 16.2. The highest BCUT2D eigenvalue weighted by Gasteiger charge is 2.12. The van der Waals surface area contributed by atoms with E-state index in [0.29, 0.717) is 12.2 Å². The van der Waals surface area contributed by atoms with Crippen LogP contribution in [0.1, 0.15) is 63.7 Å². The van der Waals surface area contributed by atoms with Gasteiger partial charge in [-0.05, 0) is 19.3 Å². The van der Waals surface area contributed by atoms with Gasteiger partial charge in [0.2, 0.25) is 0 Å². The molecule has 26 heavy (non-hydrogen) atoms. The number of ketones is 2. The predicted molar refractivity (Wildman–Crippen MR) is 103 cm³/mol. The Balaban J connectivity index is 1.87. The highest BCUT2D eigenvalue weighted by Crippen LogP contribution is 2.18. The molecule has 0 N–H and O–H groups in total. The van der Waals surface area contributed by atoms with Crippen LogP contribution in [-0.4, -0.2) is 26.6 Å². The third-order valence-corrected chi connectivity index (χ3v) is 4.75. The van der Waals surface area contributed by atoms with Gasteiger partial charge in [0.05, 0.1) is 6.20 Å². The summed E-state index contributed by atoms with van der Waals surface area (Å²) in [6.07, 6.45) is 5.25. The predicted octanol–water partition coefficient (Wildman–Crippen LogP) is 4.57. The lowest BCUT2D eigenvalue weighted by molar-refractivity contribution is -0.122. The lowest BCUT2D eigenvalue weighted by Crippen LogP contribution is -2.09. The molecular formula is C21H29N3O2. The van der Waals surface area contributed by atoms with Crippen LogP contribution in [0.5, 0.6) is 0 Å². The molecule has 2 rings (SSSR count). The number of nitrogens with zero attached hydrogens (tertiary/aromatic N) is 3. The molecule has 0 aliphatic carbocycles. The van der Waals surface area contributed by atoms with Crippen molar-refractivity contribution in [1.82, 2.24) is 15.0 Å². The molecule has 0 radical (unpaired) electrons. The lowest BCUT2D eigenvalue weighted by atomic mass is 9.99. The van der Waals surface area contributed by atoms with Crippen molar-refractivity contribution in [2.24, 2.45) is 11.8 Å². The quantitative estimate of drug-likeness (QED) is 0.462. The molecule has 0 saturated heterocycles. The number of carbonyl (C=O) groups excluding carboxylic acids is 2. The Labute approximate surface area is 155 Å². The first-order valence-corrected chi connectivity index (χ1v) is 9.49. The van der Waals surface area contributed by atoms with Crippen LogP contribution in [0.15, 0.2) is 30.5 Å². The second kappa shape index (κ2) is 9.41. The topological polar surface area (TPSA) is 64.8 Å². The molecular weight excluding hydrogens is 326 g/mol. The smallest absolute Gasteiger partial charge is 0.165 e. The average Bonchev–Trinajstić information content (AvgIpc) is 3.12. The molecule has 1 atom stereocenters. The van der Waals surface area contributed by atoms with Crippen LogP contribution in [0.25, 0.3) is 11.3 Å². The zero-order valence-electron chi connectivity index (χ0n) is 16.2. The van der Waals surface area contributed by atoms with E-state index in [4.69, 9.17) is 0 Å². The maximum Gasteiger partial charge on any atom is 0.165 e. The van der Waals surface area contributed by atoms with Crippen molar-refractivity contribution in [1.29, 1.82) is 0 Å². The van der Waals surface area contributed by atoms with E-state index in [0.717, 1.165) is 42.6 Å². The van der Waals surface area contributed by atoms with Crippen LogP contribution in [0, 0.1) is 11.8 Å². The van der Waals surface area contributed by atoms with Crippen LogP contribution in [0.4, 0.5) is 0 Å². The summed E-state index contributed by atoms with van der Waals surface area (Å²) in [5.74, 6) is 0.655. The molecule has 0 aliphatic rings. The van der Waals surface area contributed by atoms with Gasteiger partial charge in [-0.3, -0.25) is 14.3 Å². The van der Waals surface area contributed by atoms with Gasteiger partial charge in [0.15, 0.2) is 5.78 Å². The van der Waals surface area contributed by atoms with Crippen LogP contribution >= 0.6 is 0 Å². The lowest BCUT2D eigenvalue weighted by Gasteiger charge is -2.06. The number of Topliss-reactive ketones (excluding diaryl/α,β-unsaturated/α-hetero) is 2. The minimum absolute atomic E-state index is 0.00563. The van der Waals surface area contributed by atoms with E-state index >= 15 is 0 Å². The van der Waals surface area contributed by atoms with Gasteiger partial charge < -0.3 is 0 Å². The molecule has 0 aliphatic heterocycles. The second-order valence-corrected chi connectivity index (χ2v) is 7.20. The normalized spacial score (nSPS) is 12.3. The molecule has 0 bridgehead atoms. The summed E-state index contributed by atoms with van der Waals surface area (Å²) in [6, 6.07) is 7.51. The SMILES string of the molecule is CCC(C)C(=O)CCCCn1cc(-c2ccc(C(=O)C(C)C)cc2)nn1. The van der Waals surface area contributed by atoms with E-state index in [1.807, 2.05) is 62.8 Å². The summed E-state index contributed by atoms with van der Waals surface area (Å²) in [4.78, 5) is 23.8. The Bertz CT molecular complexity index is 732. The fourth-order valence-electron chi connectivity index (χ4n) is 2.73. The monoisotopic (exact) mass is 355 g/mol. The Kier molecular flexibility index (Phi) is 7.25. The van der Waals surface area contributed by atoms with Crippen LogP contribution in [0.3, 0.4) is 0 Å².